The molecule has 0 saturated heterocycles. The summed E-state index contributed by atoms with van der Waals surface area (Å²) in [6.07, 6.45) is -0.807. The van der Waals surface area contributed by atoms with Crippen LogP contribution < -0.4 is 15.4 Å². The van der Waals surface area contributed by atoms with Gasteiger partial charge in [0.25, 0.3) is 5.91 Å². The van der Waals surface area contributed by atoms with Gasteiger partial charge in [0.15, 0.2) is 6.04 Å². The topological polar surface area (TPSA) is 114 Å². The molecule has 0 radical (unpaired) electrons. The Kier molecular flexibility index (Phi) is 9.97. The molecule has 2 aromatic carbocycles. The molecule has 41 heavy (non-hydrogen) atoms. The number of benzene rings is 2. The molecule has 0 aliphatic heterocycles. The van der Waals surface area contributed by atoms with E-state index in [1.807, 2.05) is 65.8 Å². The number of hydrogen-bond acceptors (Lipinski definition) is 6. The molecule has 216 valence electrons. The molecule has 8 nitrogen and oxygen atoms in total. The number of aliphatic carboxylic acids is 1. The third kappa shape index (κ3) is 8.43. The molecule has 3 aromatic rings. The smallest absolute Gasteiger partial charge is 0.328 e. The molecule has 1 heterocycles. The number of carboxylic acids is 1. The summed E-state index contributed by atoms with van der Waals surface area (Å²) in [7, 11) is 1.57. The first kappa shape index (κ1) is 31.4. The number of amides is 2. The van der Waals surface area contributed by atoms with Crippen molar-refractivity contribution in [3.8, 4) is 28.0 Å². The largest absolute Gasteiger partial charge is 0.497 e. The van der Waals surface area contributed by atoms with E-state index in [1.54, 1.807) is 32.2 Å². The molecule has 1 unspecified atom stereocenters. The van der Waals surface area contributed by atoms with Crippen LogP contribution in [0.15, 0.2) is 42.5 Å². The van der Waals surface area contributed by atoms with Crippen LogP contribution in [0.4, 0.5) is 5.69 Å². The number of carboxylic acid groups (broad SMARTS) is 1. The molecule has 0 bridgehead atoms. The van der Waals surface area contributed by atoms with Crippen molar-refractivity contribution in [1.82, 2.24) is 5.32 Å². The molecule has 2 amide bonds. The number of aryl methyl sites for hydroxylation is 3. The van der Waals surface area contributed by atoms with Gasteiger partial charge in [-0.25, -0.2) is 4.79 Å². The van der Waals surface area contributed by atoms with Crippen molar-refractivity contribution in [2.45, 2.75) is 66.2 Å². The number of anilines is 1. The standard InChI is InChI=1S/C32H36N2O6S/c1-18-15-19(2)27(20(3)16-18)33-26(35)14-11-23-17-25(22-9-12-24(39-8)13-10-22)41-29(23)30(36)34-28(31(37)38)21(4)40-32(5,6)7/h9-10,12-13,15-17,21,28H,1-8H3,(H,33,35)(H,34,36)(H,37,38)/t21?,28-/m0/s1. The summed E-state index contributed by atoms with van der Waals surface area (Å²) in [5, 5.41) is 15.3. The molecule has 0 fully saturated rings. The molecule has 0 saturated carbocycles. The maximum absolute atomic E-state index is 13.4. The van der Waals surface area contributed by atoms with Gasteiger partial charge in [-0.3, -0.25) is 9.59 Å². The average molecular weight is 577 g/mol. The predicted molar refractivity (Wildman–Crippen MR) is 162 cm³/mol. The first-order valence-corrected chi connectivity index (χ1v) is 13.9. The lowest BCUT2D eigenvalue weighted by molar-refractivity contribution is -0.146. The van der Waals surface area contributed by atoms with Gasteiger partial charge in [0.1, 0.15) is 10.6 Å². The van der Waals surface area contributed by atoms with Crippen LogP contribution in [0.3, 0.4) is 0 Å². The summed E-state index contributed by atoms with van der Waals surface area (Å²) < 4.78 is 11.0. The number of carbonyl (C=O) groups excluding carboxylic acids is 2. The number of nitrogens with one attached hydrogen (secondary N) is 2. The summed E-state index contributed by atoms with van der Waals surface area (Å²) in [5.41, 5.74) is 4.12. The highest BCUT2D eigenvalue weighted by Crippen LogP contribution is 2.33. The van der Waals surface area contributed by atoms with Crippen LogP contribution in [-0.2, 0) is 14.3 Å². The Morgan fingerprint density at radius 1 is 1.00 bits per heavy atom. The minimum absolute atomic E-state index is 0.188. The van der Waals surface area contributed by atoms with Crippen LogP contribution in [0.25, 0.3) is 10.4 Å². The summed E-state index contributed by atoms with van der Waals surface area (Å²) in [6.45, 7) is 12.8. The van der Waals surface area contributed by atoms with E-state index in [-0.39, 0.29) is 4.88 Å². The van der Waals surface area contributed by atoms with Crippen LogP contribution >= 0.6 is 11.3 Å². The number of thiophene rings is 1. The van der Waals surface area contributed by atoms with Gasteiger partial charge in [-0.1, -0.05) is 23.6 Å². The van der Waals surface area contributed by atoms with E-state index in [0.717, 1.165) is 38.5 Å². The van der Waals surface area contributed by atoms with E-state index >= 15 is 0 Å². The lowest BCUT2D eigenvalue weighted by Gasteiger charge is -2.29. The van der Waals surface area contributed by atoms with Crippen molar-refractivity contribution >= 4 is 34.8 Å². The highest BCUT2D eigenvalue weighted by molar-refractivity contribution is 7.17. The molecule has 0 aliphatic rings. The highest BCUT2D eigenvalue weighted by Gasteiger charge is 2.31. The number of rotatable bonds is 8. The Hall–Kier alpha value is -4.13. The SMILES string of the molecule is COc1ccc(-c2cc(C#CC(=O)Nc3c(C)cc(C)cc3C)c(C(=O)N[C@H](C(=O)O)C(C)OC(C)(C)C)s2)cc1. The van der Waals surface area contributed by atoms with E-state index in [1.165, 1.54) is 0 Å². The van der Waals surface area contributed by atoms with Gasteiger partial charge in [0.2, 0.25) is 0 Å². The molecule has 9 heteroatoms. The van der Waals surface area contributed by atoms with E-state index in [2.05, 4.69) is 22.5 Å². The van der Waals surface area contributed by atoms with Gasteiger partial charge in [-0.15, -0.1) is 11.3 Å². The lowest BCUT2D eigenvalue weighted by atomic mass is 10.1. The second-order valence-electron chi connectivity index (χ2n) is 10.8. The zero-order valence-corrected chi connectivity index (χ0v) is 25.4. The fraction of sp³-hybridized carbons (Fsp3) is 0.344. The quantitative estimate of drug-likeness (QED) is 0.295. The number of ether oxygens (including phenoxy) is 2. The lowest BCUT2D eigenvalue weighted by Crippen LogP contribution is -2.50. The third-order valence-corrected chi connectivity index (χ3v) is 7.28. The molecule has 0 spiro atoms. The zero-order chi connectivity index (χ0) is 30.5. The summed E-state index contributed by atoms with van der Waals surface area (Å²) in [5.74, 6) is 3.72. The zero-order valence-electron chi connectivity index (χ0n) is 24.6. The minimum atomic E-state index is -1.30. The maximum atomic E-state index is 13.4. The molecular weight excluding hydrogens is 540 g/mol. The number of methoxy groups -OCH3 is 1. The van der Waals surface area contributed by atoms with Gasteiger partial charge in [0.05, 0.1) is 18.8 Å². The normalized spacial score (nSPS) is 12.5. The molecule has 1 aromatic heterocycles. The van der Waals surface area contributed by atoms with Crippen LogP contribution in [0.5, 0.6) is 5.75 Å². The molecular formula is C32H36N2O6S. The molecule has 2 atom stereocenters. The Balaban J connectivity index is 1.97. The minimum Gasteiger partial charge on any atom is -0.497 e. The summed E-state index contributed by atoms with van der Waals surface area (Å²) in [6, 6.07) is 11.7. The van der Waals surface area contributed by atoms with Gasteiger partial charge in [-0.2, -0.15) is 0 Å². The predicted octanol–water partition coefficient (Wildman–Crippen LogP) is 5.73. The van der Waals surface area contributed by atoms with Crippen molar-refractivity contribution < 1.29 is 29.0 Å². The van der Waals surface area contributed by atoms with Crippen LogP contribution in [0.1, 0.15) is 59.6 Å². The summed E-state index contributed by atoms with van der Waals surface area (Å²) in [4.78, 5) is 39.2. The number of carbonyl (C=O) groups is 3. The van der Waals surface area contributed by atoms with Crippen molar-refractivity contribution in [3.63, 3.8) is 0 Å². The van der Waals surface area contributed by atoms with Crippen molar-refractivity contribution in [2.75, 3.05) is 12.4 Å². The first-order chi connectivity index (χ1) is 19.2. The van der Waals surface area contributed by atoms with Crippen LogP contribution in [-0.4, -0.2) is 47.7 Å². The van der Waals surface area contributed by atoms with Crippen LogP contribution in [0.2, 0.25) is 0 Å². The second-order valence-corrected chi connectivity index (χ2v) is 11.8. The van der Waals surface area contributed by atoms with E-state index in [9.17, 15) is 19.5 Å². The Bertz CT molecular complexity index is 1480. The fourth-order valence-corrected chi connectivity index (χ4v) is 5.43. The Morgan fingerprint density at radius 3 is 2.15 bits per heavy atom. The molecule has 3 rings (SSSR count). The Labute approximate surface area is 245 Å². The second kappa shape index (κ2) is 13.0. The van der Waals surface area contributed by atoms with Gasteiger partial charge in [-0.05, 0) is 95.5 Å². The maximum Gasteiger partial charge on any atom is 0.328 e. The highest BCUT2D eigenvalue weighted by atomic mass is 32.1. The van der Waals surface area contributed by atoms with E-state index in [4.69, 9.17) is 9.47 Å². The Morgan fingerprint density at radius 2 is 1.61 bits per heavy atom. The molecule has 3 N–H and O–H groups in total. The van der Waals surface area contributed by atoms with Crippen molar-refractivity contribution in [1.29, 1.82) is 0 Å². The third-order valence-electron chi connectivity index (χ3n) is 6.10. The first-order valence-electron chi connectivity index (χ1n) is 13.1. The molecule has 0 aliphatic carbocycles. The van der Waals surface area contributed by atoms with Crippen molar-refractivity contribution in [3.05, 3.63) is 69.6 Å². The summed E-state index contributed by atoms with van der Waals surface area (Å²) >= 11 is 1.15. The van der Waals surface area contributed by atoms with Crippen molar-refractivity contribution in [2.24, 2.45) is 0 Å². The fourth-order valence-electron chi connectivity index (χ4n) is 4.41. The van der Waals surface area contributed by atoms with Gasteiger partial charge < -0.3 is 25.2 Å². The van der Waals surface area contributed by atoms with E-state index < -0.39 is 35.5 Å². The van der Waals surface area contributed by atoms with E-state index in [0.29, 0.717) is 17.0 Å². The monoisotopic (exact) mass is 576 g/mol. The average Bonchev–Trinajstić information content (AvgIpc) is 3.31. The van der Waals surface area contributed by atoms with Crippen LogP contribution in [0, 0.1) is 32.6 Å². The number of hydrogen-bond donors (Lipinski definition) is 3. The van der Waals surface area contributed by atoms with Gasteiger partial charge >= 0.3 is 11.9 Å². The van der Waals surface area contributed by atoms with Gasteiger partial charge in [0, 0.05) is 22.0 Å².